The second-order valence-electron chi connectivity index (χ2n) is 4.72. The van der Waals surface area contributed by atoms with Crippen molar-refractivity contribution in [2.75, 3.05) is 26.4 Å². The molecule has 0 aliphatic carbocycles. The Bertz CT molecular complexity index is 499. The summed E-state index contributed by atoms with van der Waals surface area (Å²) in [6, 6.07) is 12.4. The first-order valence-corrected chi connectivity index (χ1v) is 8.29. The van der Waals surface area contributed by atoms with Gasteiger partial charge in [0.2, 0.25) is 0 Å². The minimum absolute atomic E-state index is 0.592. The third-order valence-corrected chi connectivity index (χ3v) is 3.98. The molecule has 0 spiro atoms. The van der Waals surface area contributed by atoms with Crippen molar-refractivity contribution in [3.05, 3.63) is 52.2 Å². The van der Waals surface area contributed by atoms with Crippen LogP contribution in [0.3, 0.4) is 0 Å². The van der Waals surface area contributed by atoms with E-state index in [1.165, 1.54) is 10.4 Å². The highest BCUT2D eigenvalue weighted by atomic mass is 32.1. The van der Waals surface area contributed by atoms with Gasteiger partial charge in [0.15, 0.2) is 0 Å². The van der Waals surface area contributed by atoms with Crippen LogP contribution in [0.25, 0.3) is 0 Å². The van der Waals surface area contributed by atoms with Gasteiger partial charge in [-0.1, -0.05) is 25.1 Å². The van der Waals surface area contributed by atoms with Crippen LogP contribution in [0.5, 0.6) is 5.75 Å². The number of benzene rings is 1. The molecule has 0 amide bonds. The molecule has 21 heavy (non-hydrogen) atoms. The molecule has 1 N–H and O–H groups in total. The minimum atomic E-state index is 0.592. The molecule has 3 nitrogen and oxygen atoms in total. The van der Waals surface area contributed by atoms with E-state index >= 15 is 0 Å². The molecule has 0 fully saturated rings. The standard InChI is InChI=1S/C17H23NO2S/c1-2-18-14-15-5-3-6-16(13-15)20-11-10-19-9-8-17-7-4-12-21-17/h3-7,12-13,18H,2,8-11,14H2,1H3. The fraction of sp³-hybridized carbons (Fsp3) is 0.412. The molecule has 0 radical (unpaired) electrons. The van der Waals surface area contributed by atoms with Crippen molar-refractivity contribution >= 4 is 11.3 Å². The van der Waals surface area contributed by atoms with Gasteiger partial charge in [0.25, 0.3) is 0 Å². The highest BCUT2D eigenvalue weighted by molar-refractivity contribution is 7.09. The van der Waals surface area contributed by atoms with Crippen molar-refractivity contribution in [1.82, 2.24) is 5.32 Å². The molecule has 0 aliphatic heterocycles. The molecular formula is C17H23NO2S. The molecule has 0 bridgehead atoms. The number of thiophene rings is 1. The van der Waals surface area contributed by atoms with Gasteiger partial charge < -0.3 is 14.8 Å². The summed E-state index contributed by atoms with van der Waals surface area (Å²) in [5.41, 5.74) is 1.24. The maximum absolute atomic E-state index is 5.71. The van der Waals surface area contributed by atoms with Crippen LogP contribution in [0.15, 0.2) is 41.8 Å². The van der Waals surface area contributed by atoms with Crippen molar-refractivity contribution in [3.63, 3.8) is 0 Å². The van der Waals surface area contributed by atoms with E-state index in [2.05, 4.69) is 41.9 Å². The Hall–Kier alpha value is -1.36. The van der Waals surface area contributed by atoms with Crippen LogP contribution in [-0.4, -0.2) is 26.4 Å². The summed E-state index contributed by atoms with van der Waals surface area (Å²) in [7, 11) is 0. The average Bonchev–Trinajstić information content (AvgIpc) is 3.02. The summed E-state index contributed by atoms with van der Waals surface area (Å²) < 4.78 is 11.3. The van der Waals surface area contributed by atoms with Crippen LogP contribution in [0, 0.1) is 0 Å². The van der Waals surface area contributed by atoms with Gasteiger partial charge in [-0.2, -0.15) is 0 Å². The number of ether oxygens (including phenoxy) is 2. The second-order valence-corrected chi connectivity index (χ2v) is 5.75. The van der Waals surface area contributed by atoms with E-state index in [0.29, 0.717) is 13.2 Å². The van der Waals surface area contributed by atoms with Crippen molar-refractivity contribution < 1.29 is 9.47 Å². The Morgan fingerprint density at radius 1 is 1.10 bits per heavy atom. The smallest absolute Gasteiger partial charge is 0.119 e. The molecule has 0 atom stereocenters. The van der Waals surface area contributed by atoms with E-state index in [1.807, 2.05) is 12.1 Å². The van der Waals surface area contributed by atoms with Crippen molar-refractivity contribution in [2.45, 2.75) is 19.9 Å². The monoisotopic (exact) mass is 305 g/mol. The third kappa shape index (κ3) is 6.29. The molecule has 0 saturated carbocycles. The van der Waals surface area contributed by atoms with Crippen molar-refractivity contribution in [2.24, 2.45) is 0 Å². The van der Waals surface area contributed by atoms with E-state index in [1.54, 1.807) is 11.3 Å². The van der Waals surface area contributed by atoms with E-state index in [9.17, 15) is 0 Å². The molecule has 0 aliphatic rings. The zero-order valence-corrected chi connectivity index (χ0v) is 13.3. The second kappa shape index (κ2) is 9.55. The van der Waals surface area contributed by atoms with Crippen LogP contribution in [0.2, 0.25) is 0 Å². The van der Waals surface area contributed by atoms with Gasteiger partial charge in [-0.15, -0.1) is 11.3 Å². The quantitative estimate of drug-likeness (QED) is 0.682. The molecular weight excluding hydrogens is 282 g/mol. The largest absolute Gasteiger partial charge is 0.491 e. The van der Waals surface area contributed by atoms with Crippen LogP contribution >= 0.6 is 11.3 Å². The van der Waals surface area contributed by atoms with Crippen LogP contribution < -0.4 is 10.1 Å². The Labute approximate surface area is 130 Å². The van der Waals surface area contributed by atoms with Crippen LogP contribution in [0.4, 0.5) is 0 Å². The molecule has 114 valence electrons. The number of hydrogen-bond donors (Lipinski definition) is 1. The molecule has 4 heteroatoms. The van der Waals surface area contributed by atoms with Crippen molar-refractivity contribution in [1.29, 1.82) is 0 Å². The summed E-state index contributed by atoms with van der Waals surface area (Å²) in [4.78, 5) is 1.37. The van der Waals surface area contributed by atoms with E-state index < -0.39 is 0 Å². The molecule has 0 unspecified atom stereocenters. The lowest BCUT2D eigenvalue weighted by atomic mass is 10.2. The maximum atomic E-state index is 5.71. The van der Waals surface area contributed by atoms with Gasteiger partial charge in [-0.3, -0.25) is 0 Å². The lowest BCUT2D eigenvalue weighted by Crippen LogP contribution is -2.12. The predicted octanol–water partition coefficient (Wildman–Crippen LogP) is 3.50. The first kappa shape index (κ1) is 16.0. The number of hydrogen-bond acceptors (Lipinski definition) is 4. The zero-order chi connectivity index (χ0) is 14.8. The minimum Gasteiger partial charge on any atom is -0.491 e. The molecule has 1 heterocycles. The highest BCUT2D eigenvalue weighted by Gasteiger charge is 1.98. The molecule has 2 rings (SSSR count). The van der Waals surface area contributed by atoms with Gasteiger partial charge in [-0.05, 0) is 35.7 Å². The normalized spacial score (nSPS) is 10.7. The SMILES string of the molecule is CCNCc1cccc(OCCOCCc2cccs2)c1. The Morgan fingerprint density at radius 2 is 2.05 bits per heavy atom. The van der Waals surface area contributed by atoms with E-state index in [-0.39, 0.29) is 0 Å². The Balaban J connectivity index is 1.59. The fourth-order valence-corrected chi connectivity index (χ4v) is 2.65. The summed E-state index contributed by atoms with van der Waals surface area (Å²) in [5.74, 6) is 0.909. The summed E-state index contributed by atoms with van der Waals surface area (Å²) in [6.45, 7) is 5.93. The topological polar surface area (TPSA) is 30.5 Å². The first-order chi connectivity index (χ1) is 10.4. The van der Waals surface area contributed by atoms with E-state index in [0.717, 1.165) is 31.9 Å². The maximum Gasteiger partial charge on any atom is 0.119 e. The molecule has 2 aromatic rings. The Morgan fingerprint density at radius 3 is 2.86 bits per heavy atom. The molecule has 1 aromatic carbocycles. The average molecular weight is 305 g/mol. The first-order valence-electron chi connectivity index (χ1n) is 7.41. The van der Waals surface area contributed by atoms with E-state index in [4.69, 9.17) is 9.47 Å². The predicted molar refractivity (Wildman–Crippen MR) is 88.2 cm³/mol. The number of rotatable bonds is 10. The lowest BCUT2D eigenvalue weighted by molar-refractivity contribution is 0.103. The fourth-order valence-electron chi connectivity index (χ4n) is 1.96. The van der Waals surface area contributed by atoms with Gasteiger partial charge >= 0.3 is 0 Å². The van der Waals surface area contributed by atoms with Gasteiger partial charge in [0.05, 0.1) is 13.2 Å². The van der Waals surface area contributed by atoms with Crippen molar-refractivity contribution in [3.8, 4) is 5.75 Å². The molecule has 1 aromatic heterocycles. The summed E-state index contributed by atoms with van der Waals surface area (Å²) in [5, 5.41) is 5.41. The van der Waals surface area contributed by atoms with Gasteiger partial charge in [-0.25, -0.2) is 0 Å². The highest BCUT2D eigenvalue weighted by Crippen LogP contribution is 2.13. The summed E-state index contributed by atoms with van der Waals surface area (Å²) in [6.07, 6.45) is 0.982. The van der Waals surface area contributed by atoms with Gasteiger partial charge in [0.1, 0.15) is 12.4 Å². The lowest BCUT2D eigenvalue weighted by Gasteiger charge is -2.09. The molecule has 0 saturated heterocycles. The van der Waals surface area contributed by atoms with Crippen LogP contribution in [0.1, 0.15) is 17.4 Å². The Kier molecular flexibility index (Phi) is 7.29. The third-order valence-electron chi connectivity index (χ3n) is 3.05. The number of nitrogens with one attached hydrogen (secondary N) is 1. The summed E-state index contributed by atoms with van der Waals surface area (Å²) >= 11 is 1.77. The van der Waals surface area contributed by atoms with Crippen LogP contribution in [-0.2, 0) is 17.7 Å². The zero-order valence-electron chi connectivity index (χ0n) is 12.5. The van der Waals surface area contributed by atoms with Gasteiger partial charge in [0, 0.05) is 17.8 Å².